The van der Waals surface area contributed by atoms with Gasteiger partial charge in [0, 0.05) is 24.7 Å². The molecule has 1 heterocycles. The van der Waals surface area contributed by atoms with E-state index in [1.54, 1.807) is 0 Å². The molecule has 2 rings (SSSR count). The van der Waals surface area contributed by atoms with E-state index in [4.69, 9.17) is 5.73 Å². The van der Waals surface area contributed by atoms with E-state index in [-0.39, 0.29) is 11.4 Å². The van der Waals surface area contributed by atoms with Gasteiger partial charge in [-0.15, -0.1) is 0 Å². The molecule has 1 aliphatic carbocycles. The first kappa shape index (κ1) is 12.8. The molecule has 2 fully saturated rings. The summed E-state index contributed by atoms with van der Waals surface area (Å²) in [6.45, 7) is 6.51. The molecule has 3 N–H and O–H groups in total. The summed E-state index contributed by atoms with van der Waals surface area (Å²) >= 11 is 0. The van der Waals surface area contributed by atoms with E-state index < -0.39 is 0 Å². The van der Waals surface area contributed by atoms with Gasteiger partial charge in [-0.3, -0.25) is 9.69 Å². The van der Waals surface area contributed by atoms with Crippen molar-refractivity contribution < 1.29 is 4.79 Å². The highest BCUT2D eigenvalue weighted by atomic mass is 16.2. The van der Waals surface area contributed by atoms with Gasteiger partial charge in [0.15, 0.2) is 0 Å². The Balaban J connectivity index is 1.64. The molecule has 0 aromatic rings. The van der Waals surface area contributed by atoms with E-state index in [2.05, 4.69) is 24.1 Å². The van der Waals surface area contributed by atoms with E-state index in [1.165, 1.54) is 12.8 Å². The van der Waals surface area contributed by atoms with Crippen LogP contribution in [0.25, 0.3) is 0 Å². The Kier molecular flexibility index (Phi) is 3.73. The van der Waals surface area contributed by atoms with Crippen LogP contribution in [0.15, 0.2) is 0 Å². The van der Waals surface area contributed by atoms with Crippen LogP contribution in [-0.2, 0) is 4.79 Å². The van der Waals surface area contributed by atoms with Crippen molar-refractivity contribution in [1.82, 2.24) is 10.2 Å². The number of nitrogens with two attached hydrogens (primary N) is 1. The van der Waals surface area contributed by atoms with Crippen LogP contribution >= 0.6 is 0 Å². The fourth-order valence-electron chi connectivity index (χ4n) is 2.84. The highest BCUT2D eigenvalue weighted by Crippen LogP contribution is 2.42. The molecule has 1 saturated heterocycles. The number of hydrogen-bond acceptors (Lipinski definition) is 3. The number of likely N-dealkylation sites (tertiary alicyclic amines) is 1. The van der Waals surface area contributed by atoms with Gasteiger partial charge in [-0.05, 0) is 32.1 Å². The summed E-state index contributed by atoms with van der Waals surface area (Å²) in [6, 6.07) is 0.292. The first-order chi connectivity index (χ1) is 8.03. The number of carbonyl (C=O) groups excluding carboxylic acids is 1. The molecular weight excluding hydrogens is 214 g/mol. The maximum atomic E-state index is 11.7. The molecular formula is C13H25N3O. The SMILES string of the molecule is CCCC(C)NC(=O)CN1CC(N)(C2CC2)C1. The second-order valence-electron chi connectivity index (χ2n) is 5.91. The first-order valence-electron chi connectivity index (χ1n) is 6.84. The standard InChI is InChI=1S/C13H25N3O/c1-3-4-10(2)15-12(17)7-16-8-13(14,9-16)11-5-6-11/h10-11H,3-9,14H2,1-2H3,(H,15,17). The van der Waals surface area contributed by atoms with Gasteiger partial charge in [-0.25, -0.2) is 0 Å². The van der Waals surface area contributed by atoms with Crippen LogP contribution in [0.4, 0.5) is 0 Å². The van der Waals surface area contributed by atoms with Gasteiger partial charge in [0.1, 0.15) is 0 Å². The minimum absolute atomic E-state index is 0.0231. The van der Waals surface area contributed by atoms with Gasteiger partial charge in [0.2, 0.25) is 5.91 Å². The summed E-state index contributed by atoms with van der Waals surface area (Å²) in [7, 11) is 0. The molecule has 1 unspecified atom stereocenters. The molecule has 0 aromatic heterocycles. The second-order valence-corrected chi connectivity index (χ2v) is 5.91. The molecule has 0 radical (unpaired) electrons. The van der Waals surface area contributed by atoms with Crippen molar-refractivity contribution in [2.24, 2.45) is 11.7 Å². The van der Waals surface area contributed by atoms with Crippen molar-refractivity contribution in [1.29, 1.82) is 0 Å². The van der Waals surface area contributed by atoms with Crippen molar-refractivity contribution in [2.45, 2.75) is 51.1 Å². The van der Waals surface area contributed by atoms with E-state index in [9.17, 15) is 4.79 Å². The van der Waals surface area contributed by atoms with Crippen molar-refractivity contribution in [2.75, 3.05) is 19.6 Å². The molecule has 1 aliphatic heterocycles. The summed E-state index contributed by atoms with van der Waals surface area (Å²) in [6.07, 6.45) is 4.72. The largest absolute Gasteiger partial charge is 0.353 e. The zero-order valence-electron chi connectivity index (χ0n) is 11.0. The second kappa shape index (κ2) is 4.94. The Morgan fingerprint density at radius 3 is 2.71 bits per heavy atom. The monoisotopic (exact) mass is 239 g/mol. The average molecular weight is 239 g/mol. The molecule has 98 valence electrons. The van der Waals surface area contributed by atoms with Crippen molar-refractivity contribution in [3.63, 3.8) is 0 Å². The van der Waals surface area contributed by atoms with Crippen LogP contribution < -0.4 is 11.1 Å². The fraction of sp³-hybridized carbons (Fsp3) is 0.923. The van der Waals surface area contributed by atoms with Crippen molar-refractivity contribution >= 4 is 5.91 Å². The van der Waals surface area contributed by atoms with Gasteiger partial charge in [0.05, 0.1) is 6.54 Å². The molecule has 0 aromatic carbocycles. The third kappa shape index (κ3) is 3.19. The molecule has 17 heavy (non-hydrogen) atoms. The Hall–Kier alpha value is -0.610. The van der Waals surface area contributed by atoms with Crippen LogP contribution in [0.2, 0.25) is 0 Å². The van der Waals surface area contributed by atoms with Gasteiger partial charge in [0.25, 0.3) is 0 Å². The van der Waals surface area contributed by atoms with Crippen LogP contribution in [-0.4, -0.2) is 42.0 Å². The van der Waals surface area contributed by atoms with E-state index in [0.29, 0.717) is 12.6 Å². The average Bonchev–Trinajstić information content (AvgIpc) is 2.97. The maximum Gasteiger partial charge on any atom is 0.234 e. The number of amides is 1. The lowest BCUT2D eigenvalue weighted by atomic mass is 9.86. The van der Waals surface area contributed by atoms with Crippen molar-refractivity contribution in [3.05, 3.63) is 0 Å². The normalized spacial score (nSPS) is 25.1. The zero-order valence-corrected chi connectivity index (χ0v) is 11.0. The van der Waals surface area contributed by atoms with Crippen LogP contribution in [0.3, 0.4) is 0 Å². The molecule has 0 spiro atoms. The number of nitrogens with zero attached hydrogens (tertiary/aromatic N) is 1. The van der Waals surface area contributed by atoms with Crippen molar-refractivity contribution in [3.8, 4) is 0 Å². The van der Waals surface area contributed by atoms with E-state index in [1.807, 2.05) is 0 Å². The lowest BCUT2D eigenvalue weighted by molar-refractivity contribution is -0.125. The molecule has 2 aliphatic rings. The molecule has 1 saturated carbocycles. The summed E-state index contributed by atoms with van der Waals surface area (Å²) in [5.41, 5.74) is 6.27. The minimum Gasteiger partial charge on any atom is -0.353 e. The van der Waals surface area contributed by atoms with E-state index >= 15 is 0 Å². The van der Waals surface area contributed by atoms with Crippen LogP contribution in [0.5, 0.6) is 0 Å². The number of nitrogens with one attached hydrogen (secondary N) is 1. The van der Waals surface area contributed by atoms with Gasteiger partial charge < -0.3 is 11.1 Å². The Bertz CT molecular complexity index is 282. The molecule has 1 atom stereocenters. The smallest absolute Gasteiger partial charge is 0.234 e. The fourth-order valence-corrected chi connectivity index (χ4v) is 2.84. The highest BCUT2D eigenvalue weighted by molar-refractivity contribution is 5.78. The quantitative estimate of drug-likeness (QED) is 0.718. The first-order valence-corrected chi connectivity index (χ1v) is 6.84. The topological polar surface area (TPSA) is 58.4 Å². The minimum atomic E-state index is 0.0231. The number of carbonyl (C=O) groups is 1. The third-order valence-electron chi connectivity index (χ3n) is 3.92. The lowest BCUT2D eigenvalue weighted by Gasteiger charge is -2.48. The summed E-state index contributed by atoms with van der Waals surface area (Å²) < 4.78 is 0. The summed E-state index contributed by atoms with van der Waals surface area (Å²) in [5, 5.41) is 3.03. The molecule has 4 nitrogen and oxygen atoms in total. The van der Waals surface area contributed by atoms with Crippen LogP contribution in [0.1, 0.15) is 39.5 Å². The Morgan fingerprint density at radius 1 is 1.53 bits per heavy atom. The predicted molar refractivity (Wildman–Crippen MR) is 68.6 cm³/mol. The van der Waals surface area contributed by atoms with Crippen LogP contribution in [0, 0.1) is 5.92 Å². The summed E-state index contributed by atoms with van der Waals surface area (Å²) in [5.74, 6) is 0.865. The van der Waals surface area contributed by atoms with Gasteiger partial charge in [-0.2, -0.15) is 0 Å². The predicted octanol–water partition coefficient (Wildman–Crippen LogP) is 0.714. The molecule has 0 bridgehead atoms. The highest BCUT2D eigenvalue weighted by Gasteiger charge is 2.50. The lowest BCUT2D eigenvalue weighted by Crippen LogP contribution is -2.69. The zero-order chi connectivity index (χ0) is 12.5. The Morgan fingerprint density at radius 2 is 2.18 bits per heavy atom. The number of rotatable bonds is 6. The summed E-state index contributed by atoms with van der Waals surface area (Å²) in [4.78, 5) is 13.9. The maximum absolute atomic E-state index is 11.7. The molecule has 1 amide bonds. The van der Waals surface area contributed by atoms with Gasteiger partial charge in [-0.1, -0.05) is 13.3 Å². The Labute approximate surface area is 104 Å². The third-order valence-corrected chi connectivity index (χ3v) is 3.92. The van der Waals surface area contributed by atoms with Gasteiger partial charge >= 0.3 is 0 Å². The number of hydrogen-bond donors (Lipinski definition) is 2. The molecule has 4 heteroatoms. The van der Waals surface area contributed by atoms with E-state index in [0.717, 1.165) is 31.8 Å².